The molecule has 0 aliphatic carbocycles. The molecule has 0 bridgehead atoms. The van der Waals surface area contributed by atoms with Crippen molar-refractivity contribution >= 4 is 0 Å². The molecule has 0 fully saturated rings. The van der Waals surface area contributed by atoms with Gasteiger partial charge in [0.1, 0.15) is 0 Å². The summed E-state index contributed by atoms with van der Waals surface area (Å²) in [4.78, 5) is 24.8. The first-order valence-electron chi connectivity index (χ1n) is 1.64. The van der Waals surface area contributed by atoms with Gasteiger partial charge in [-0.1, -0.05) is 0 Å². The molecule has 0 amide bonds. The molecule has 0 aliphatic rings. The topological polar surface area (TPSA) is 514 Å². The van der Waals surface area contributed by atoms with Gasteiger partial charge >= 0.3 is 17.4 Å². The Hall–Kier alpha value is -2.27. The third-order valence-corrected chi connectivity index (χ3v) is 0. The minimum atomic E-state index is -1.75. The second kappa shape index (κ2) is 153. The van der Waals surface area contributed by atoms with Crippen LogP contribution < -0.4 is 0 Å². The second-order valence-electron chi connectivity index (χ2n) is 0.671. The third-order valence-electron chi connectivity index (χ3n) is 0. The molecule has 0 aliphatic heterocycles. The molecular weight excluding hydrogens is 398 g/mol. The maximum atomic E-state index is 8.25. The van der Waals surface area contributed by atoms with Gasteiger partial charge < -0.3 is 101 Å². The van der Waals surface area contributed by atoms with E-state index in [4.69, 9.17) is 46.0 Å². The zero-order valence-electron chi connectivity index (χ0n) is 10.4. The molecule has 20 N–H and O–H groups in total. The van der Waals surface area contributed by atoms with E-state index >= 15 is 0 Å². The predicted octanol–water partition coefficient (Wildman–Crippen LogP) is -8.97. The molecule has 0 unspecified atom stereocenters. The third kappa shape index (κ3) is 1210. The summed E-state index contributed by atoms with van der Waals surface area (Å²) in [6.45, 7) is 0. The van der Waals surface area contributed by atoms with Gasteiger partial charge in [0, 0.05) is 0 Å². The van der Waals surface area contributed by atoms with E-state index < -0.39 is 15.3 Å². The summed E-state index contributed by atoms with van der Waals surface area (Å²) in [5.41, 5.74) is 0. The standard InChI is InChI=1S/Cr.3NO3.10H2O/c;3*2-1(3)4;;;;;;;;;;/h;;;;10*1H2/q+3;3*-1;;;;;;;;;;. The maximum absolute atomic E-state index is 8.25. The fourth-order valence-electron chi connectivity index (χ4n) is 0. The molecule has 22 nitrogen and oxygen atoms in total. The SMILES string of the molecule is O.O.O.O.O.O.O.O.O.O.O=[N+]([O-])[O-].O=[N+]([O-])[O-].O=[N+]([O-])[O-].[Cr+3]. The first kappa shape index (κ1) is 178. The summed E-state index contributed by atoms with van der Waals surface area (Å²) in [7, 11) is 0. The van der Waals surface area contributed by atoms with Gasteiger partial charge in [0.05, 0.1) is 15.3 Å². The van der Waals surface area contributed by atoms with Crippen molar-refractivity contribution in [3.05, 3.63) is 46.0 Å². The van der Waals surface area contributed by atoms with E-state index in [0.717, 1.165) is 0 Å². The minimum absolute atomic E-state index is 0. The fraction of sp³-hybridized carbons (Fsp3) is 0. The van der Waals surface area contributed by atoms with Crippen LogP contribution in [0.25, 0.3) is 0 Å². The molecule has 155 valence electrons. The Bertz CT molecular complexity index is 116. The average Bonchev–Trinajstić information content (AvgIpc) is 1.54. The molecular formula is H20CrN3O19. The van der Waals surface area contributed by atoms with E-state index in [-0.39, 0.29) is 72.1 Å². The van der Waals surface area contributed by atoms with Crippen LogP contribution in [0.3, 0.4) is 0 Å². The zero-order chi connectivity index (χ0) is 10.7. The van der Waals surface area contributed by atoms with E-state index in [1.54, 1.807) is 0 Å². The molecule has 0 atom stereocenters. The predicted molar refractivity (Wildman–Crippen MR) is 67.2 cm³/mol. The summed E-state index contributed by atoms with van der Waals surface area (Å²) in [5, 5.41) is 44.2. The molecule has 0 saturated carbocycles. The largest absolute Gasteiger partial charge is 3.00 e. The first-order chi connectivity index (χ1) is 5.20. The number of hydrogen-bond donors (Lipinski definition) is 0. The Morgan fingerprint density at radius 3 is 0.348 bits per heavy atom. The summed E-state index contributed by atoms with van der Waals surface area (Å²) >= 11 is 0. The van der Waals surface area contributed by atoms with Crippen LogP contribution in [0.15, 0.2) is 0 Å². The van der Waals surface area contributed by atoms with Crippen molar-refractivity contribution < 1.29 is 87.4 Å². The van der Waals surface area contributed by atoms with Crippen LogP contribution in [0.4, 0.5) is 0 Å². The van der Waals surface area contributed by atoms with Gasteiger partial charge in [-0.25, -0.2) is 0 Å². The van der Waals surface area contributed by atoms with Gasteiger partial charge in [-0.2, -0.15) is 0 Å². The normalized spacial score (nSPS) is 3.13. The van der Waals surface area contributed by atoms with Gasteiger partial charge in [0.25, 0.3) is 0 Å². The number of nitrogens with zero attached hydrogens (tertiary/aromatic N) is 3. The smallest absolute Gasteiger partial charge is 0.412 e. The molecule has 0 saturated heterocycles. The fourth-order valence-corrected chi connectivity index (χ4v) is 0. The summed E-state index contributed by atoms with van der Waals surface area (Å²) in [6.07, 6.45) is 0. The van der Waals surface area contributed by atoms with Crippen molar-refractivity contribution in [2.45, 2.75) is 0 Å². The van der Waals surface area contributed by atoms with Gasteiger partial charge in [0.2, 0.25) is 0 Å². The van der Waals surface area contributed by atoms with E-state index in [1.807, 2.05) is 0 Å². The summed E-state index contributed by atoms with van der Waals surface area (Å²) in [6, 6.07) is 0. The molecule has 0 aromatic rings. The van der Waals surface area contributed by atoms with Crippen molar-refractivity contribution in [3.63, 3.8) is 0 Å². The molecule has 1 radical (unpaired) electrons. The Labute approximate surface area is 134 Å². The van der Waals surface area contributed by atoms with Crippen LogP contribution >= 0.6 is 0 Å². The molecule has 0 heterocycles. The number of hydrogen-bond acceptors (Lipinski definition) is 9. The maximum Gasteiger partial charge on any atom is 3.00 e. The first-order valence-corrected chi connectivity index (χ1v) is 1.64. The van der Waals surface area contributed by atoms with Crippen molar-refractivity contribution in [2.75, 3.05) is 0 Å². The van der Waals surface area contributed by atoms with Crippen LogP contribution in [0.1, 0.15) is 0 Å². The Morgan fingerprint density at radius 1 is 0.348 bits per heavy atom. The van der Waals surface area contributed by atoms with Crippen LogP contribution in [-0.2, 0) is 17.4 Å². The zero-order valence-corrected chi connectivity index (χ0v) is 11.7. The van der Waals surface area contributed by atoms with Gasteiger partial charge in [-0.3, -0.25) is 0 Å². The van der Waals surface area contributed by atoms with Crippen LogP contribution in [-0.4, -0.2) is 70.0 Å². The molecule has 23 heteroatoms. The summed E-state index contributed by atoms with van der Waals surface area (Å²) in [5.74, 6) is 0. The molecule has 23 heavy (non-hydrogen) atoms. The monoisotopic (exact) mass is 418 g/mol. The van der Waals surface area contributed by atoms with Crippen molar-refractivity contribution in [1.29, 1.82) is 0 Å². The Kier molecular flexibility index (Phi) is 1180. The Morgan fingerprint density at radius 2 is 0.348 bits per heavy atom. The van der Waals surface area contributed by atoms with E-state index in [2.05, 4.69) is 0 Å². The number of rotatable bonds is 0. The summed E-state index contributed by atoms with van der Waals surface area (Å²) < 4.78 is 0. The average molecular weight is 418 g/mol. The van der Waals surface area contributed by atoms with Gasteiger partial charge in [-0.05, 0) is 0 Å². The van der Waals surface area contributed by atoms with Crippen molar-refractivity contribution in [3.8, 4) is 0 Å². The quantitative estimate of drug-likeness (QED) is 0.265. The van der Waals surface area contributed by atoms with Crippen LogP contribution in [0, 0.1) is 46.0 Å². The van der Waals surface area contributed by atoms with E-state index in [1.165, 1.54) is 0 Å². The van der Waals surface area contributed by atoms with E-state index in [9.17, 15) is 0 Å². The van der Waals surface area contributed by atoms with Gasteiger partial charge in [0.15, 0.2) is 0 Å². The second-order valence-corrected chi connectivity index (χ2v) is 0.671. The molecule has 0 rings (SSSR count). The molecule has 0 aromatic carbocycles. The Balaban J connectivity index is -0.00000000355. The molecule has 0 aromatic heterocycles. The van der Waals surface area contributed by atoms with Crippen LogP contribution in [0.2, 0.25) is 0 Å². The van der Waals surface area contributed by atoms with E-state index in [0.29, 0.717) is 0 Å². The van der Waals surface area contributed by atoms with Gasteiger partial charge in [-0.15, -0.1) is 0 Å². The van der Waals surface area contributed by atoms with Crippen molar-refractivity contribution in [2.24, 2.45) is 0 Å². The van der Waals surface area contributed by atoms with Crippen molar-refractivity contribution in [1.82, 2.24) is 0 Å². The van der Waals surface area contributed by atoms with Crippen LogP contribution in [0.5, 0.6) is 0 Å². The minimum Gasteiger partial charge on any atom is -0.412 e. The molecule has 0 spiro atoms.